The highest BCUT2D eigenvalue weighted by Gasteiger charge is 2.23. The van der Waals surface area contributed by atoms with E-state index in [0.717, 1.165) is 64.2 Å². The number of hydrogen-bond donors (Lipinski definition) is 4. The lowest BCUT2D eigenvalue weighted by Crippen LogP contribution is -2.29. The molecular weight excluding hydrogens is 731 g/mol. The van der Waals surface area contributed by atoms with E-state index in [0.29, 0.717) is 6.42 Å². The second-order valence-corrected chi connectivity index (χ2v) is 14.8. The number of phosphoric ester groups is 1. The summed E-state index contributed by atoms with van der Waals surface area (Å²) in [5.41, 5.74) is 0. The van der Waals surface area contributed by atoms with Crippen LogP contribution in [0.15, 0.2) is 97.2 Å². The van der Waals surface area contributed by atoms with Crippen LogP contribution >= 0.6 is 7.82 Å². The Labute approximate surface area is 338 Å². The van der Waals surface area contributed by atoms with Crippen LogP contribution in [0.3, 0.4) is 0 Å². The molecule has 0 aliphatic carbocycles. The summed E-state index contributed by atoms with van der Waals surface area (Å²) >= 11 is 0. The zero-order valence-electron chi connectivity index (χ0n) is 34.2. The first-order valence-corrected chi connectivity index (χ1v) is 22.2. The Morgan fingerprint density at radius 2 is 1.04 bits per heavy atom. The molecule has 0 aromatic rings. The van der Waals surface area contributed by atoms with Gasteiger partial charge in [0.15, 0.2) is 6.10 Å². The minimum Gasteiger partial charge on any atom is -0.462 e. The molecule has 0 aromatic carbocycles. The lowest BCUT2D eigenvalue weighted by Gasteiger charge is -2.19. The maximum atomic E-state index is 12.4. The maximum absolute atomic E-state index is 12.4. The van der Waals surface area contributed by atoms with E-state index >= 15 is 0 Å². The number of phosphoric acid groups is 1. The molecule has 11 heteroatoms. The van der Waals surface area contributed by atoms with Gasteiger partial charge in [0.25, 0.3) is 0 Å². The minimum atomic E-state index is -4.84. The summed E-state index contributed by atoms with van der Waals surface area (Å²) in [5.74, 6) is -1.22. The Bertz CT molecular complexity index is 1260. The van der Waals surface area contributed by atoms with Gasteiger partial charge in [-0.1, -0.05) is 130 Å². The van der Waals surface area contributed by atoms with Gasteiger partial charge in [0, 0.05) is 12.8 Å². The molecule has 0 saturated heterocycles. The second-order valence-electron chi connectivity index (χ2n) is 13.5. The van der Waals surface area contributed by atoms with E-state index < -0.39 is 51.3 Å². The van der Waals surface area contributed by atoms with E-state index in [1.807, 2.05) is 18.2 Å². The molecular formula is C45H73O10P. The normalized spacial score (nSPS) is 14.6. The third-order valence-electron chi connectivity index (χ3n) is 8.29. The first-order valence-electron chi connectivity index (χ1n) is 20.7. The van der Waals surface area contributed by atoms with Crippen LogP contribution < -0.4 is 0 Å². The number of hydrogen-bond acceptors (Lipinski definition) is 8. The average molecular weight is 805 g/mol. The van der Waals surface area contributed by atoms with Gasteiger partial charge in [-0.3, -0.25) is 14.1 Å². The molecule has 0 unspecified atom stereocenters. The summed E-state index contributed by atoms with van der Waals surface area (Å²) in [5, 5.41) is 20.5. The summed E-state index contributed by atoms with van der Waals surface area (Å²) in [6.45, 7) is 3.25. The highest BCUT2D eigenvalue weighted by atomic mass is 31.2. The fourth-order valence-electron chi connectivity index (χ4n) is 5.09. The van der Waals surface area contributed by atoms with Crippen molar-refractivity contribution < 1.29 is 48.2 Å². The Morgan fingerprint density at radius 1 is 0.554 bits per heavy atom. The number of esters is 2. The number of allylic oxidation sites excluding steroid dienone is 15. The van der Waals surface area contributed by atoms with Crippen LogP contribution in [0.25, 0.3) is 0 Å². The lowest BCUT2D eigenvalue weighted by molar-refractivity contribution is -0.161. The maximum Gasteiger partial charge on any atom is 0.469 e. The molecule has 4 N–H and O–H groups in total. The van der Waals surface area contributed by atoms with Gasteiger partial charge in [0.1, 0.15) is 6.61 Å². The molecule has 3 atom stereocenters. The third-order valence-corrected chi connectivity index (χ3v) is 8.77. The minimum absolute atomic E-state index is 0.0623. The van der Waals surface area contributed by atoms with Gasteiger partial charge in [0.05, 0.1) is 18.8 Å². The average Bonchev–Trinajstić information content (AvgIpc) is 3.16. The molecule has 0 amide bonds. The molecule has 0 fully saturated rings. The van der Waals surface area contributed by atoms with Crippen molar-refractivity contribution in [3.8, 4) is 0 Å². The summed E-state index contributed by atoms with van der Waals surface area (Å²) in [6, 6.07) is 0. The molecule has 318 valence electrons. The SMILES string of the molecule is CC/C=C\C/C=C\C/C=C\C/C=C\C[C@H](O)[C@@H](O)CCCC(=O)OC[C@H](COP(=O)(O)O)OC(=O)CCCCC/C=C\C/C=C\C/C=C\C/C=C\CCCCC. The van der Waals surface area contributed by atoms with Crippen molar-refractivity contribution in [2.24, 2.45) is 0 Å². The van der Waals surface area contributed by atoms with Gasteiger partial charge in [-0.25, -0.2) is 4.57 Å². The first-order chi connectivity index (χ1) is 27.1. The Morgan fingerprint density at radius 3 is 1.55 bits per heavy atom. The van der Waals surface area contributed by atoms with Crippen molar-refractivity contribution in [2.75, 3.05) is 13.2 Å². The fraction of sp³-hybridized carbons (Fsp3) is 0.600. The van der Waals surface area contributed by atoms with Crippen LogP contribution in [-0.4, -0.2) is 63.5 Å². The van der Waals surface area contributed by atoms with Gasteiger partial charge in [-0.2, -0.15) is 0 Å². The summed E-state index contributed by atoms with van der Waals surface area (Å²) < 4.78 is 26.2. The predicted octanol–water partition coefficient (Wildman–Crippen LogP) is 10.6. The molecule has 0 aliphatic rings. The van der Waals surface area contributed by atoms with E-state index in [1.165, 1.54) is 25.7 Å². The van der Waals surface area contributed by atoms with E-state index in [-0.39, 0.29) is 32.1 Å². The number of aliphatic hydroxyl groups excluding tert-OH is 2. The van der Waals surface area contributed by atoms with E-state index in [4.69, 9.17) is 19.3 Å². The summed E-state index contributed by atoms with van der Waals surface area (Å²) in [7, 11) is -4.84. The van der Waals surface area contributed by atoms with Crippen LogP contribution in [0.5, 0.6) is 0 Å². The van der Waals surface area contributed by atoms with Crippen molar-refractivity contribution >= 4 is 19.8 Å². The number of unbranched alkanes of at least 4 members (excludes halogenated alkanes) is 6. The smallest absolute Gasteiger partial charge is 0.462 e. The third kappa shape index (κ3) is 39.1. The number of carbonyl (C=O) groups is 2. The summed E-state index contributed by atoms with van der Waals surface area (Å²) in [4.78, 5) is 42.9. The zero-order chi connectivity index (χ0) is 41.4. The quantitative estimate of drug-likeness (QED) is 0.0208. The zero-order valence-corrected chi connectivity index (χ0v) is 35.1. The fourth-order valence-corrected chi connectivity index (χ4v) is 5.45. The lowest BCUT2D eigenvalue weighted by atomic mass is 10.0. The van der Waals surface area contributed by atoms with Gasteiger partial charge in [-0.05, 0) is 96.3 Å². The number of rotatable bonds is 36. The van der Waals surface area contributed by atoms with Crippen LogP contribution in [0.2, 0.25) is 0 Å². The van der Waals surface area contributed by atoms with Crippen molar-refractivity contribution in [1.29, 1.82) is 0 Å². The largest absolute Gasteiger partial charge is 0.469 e. The molecule has 0 radical (unpaired) electrons. The van der Waals surface area contributed by atoms with Crippen LogP contribution in [0.4, 0.5) is 0 Å². The molecule has 0 aliphatic heterocycles. The van der Waals surface area contributed by atoms with Crippen molar-refractivity contribution in [1.82, 2.24) is 0 Å². The van der Waals surface area contributed by atoms with E-state index in [2.05, 4.69) is 97.4 Å². The van der Waals surface area contributed by atoms with Crippen molar-refractivity contribution in [2.45, 2.75) is 161 Å². The number of aliphatic hydroxyl groups is 2. The molecule has 0 bridgehead atoms. The van der Waals surface area contributed by atoms with Crippen LogP contribution in [0, 0.1) is 0 Å². The van der Waals surface area contributed by atoms with Gasteiger partial charge >= 0.3 is 19.8 Å². The highest BCUT2D eigenvalue weighted by Crippen LogP contribution is 2.36. The second kappa shape index (κ2) is 38.7. The van der Waals surface area contributed by atoms with Crippen LogP contribution in [-0.2, 0) is 28.2 Å². The Kier molecular flexibility index (Phi) is 36.6. The number of ether oxygens (including phenoxy) is 2. The predicted molar refractivity (Wildman–Crippen MR) is 228 cm³/mol. The van der Waals surface area contributed by atoms with Gasteiger partial charge < -0.3 is 29.5 Å². The summed E-state index contributed by atoms with van der Waals surface area (Å²) in [6.07, 6.45) is 45.9. The first kappa shape index (κ1) is 52.9. The van der Waals surface area contributed by atoms with Crippen molar-refractivity contribution in [3.05, 3.63) is 97.2 Å². The monoisotopic (exact) mass is 804 g/mol. The molecule has 0 aromatic heterocycles. The Balaban J connectivity index is 4.26. The van der Waals surface area contributed by atoms with Crippen LogP contribution in [0.1, 0.15) is 142 Å². The molecule has 0 saturated carbocycles. The highest BCUT2D eigenvalue weighted by molar-refractivity contribution is 7.46. The molecule has 0 spiro atoms. The van der Waals surface area contributed by atoms with Gasteiger partial charge in [0.2, 0.25) is 0 Å². The molecule has 10 nitrogen and oxygen atoms in total. The standard InChI is InChI=1S/C45H73O10P/c1-3-5-7-9-11-13-15-17-18-19-20-21-22-23-25-27-29-31-33-37-45(49)55-41(40-54-56(50,51)52)39-53-44(48)38-34-36-43(47)42(46)35-32-30-28-26-24-16-14-12-10-8-6-4-2/h6,8,11-14,17-18,20-21,23-26,30,32,41-43,46-47H,3-5,7,9-10,15-16,19,22,27-29,31,33-40H2,1-2H3,(H2,50,51,52)/b8-6-,13-11-,14-12-,18-17-,21-20-,25-23-,26-24-,32-30-/t41-,42+,43+/m1/s1. The van der Waals surface area contributed by atoms with Gasteiger partial charge in [-0.15, -0.1) is 0 Å². The topological polar surface area (TPSA) is 160 Å². The number of carbonyl (C=O) groups excluding carboxylic acids is 2. The van der Waals surface area contributed by atoms with Crippen molar-refractivity contribution in [3.63, 3.8) is 0 Å². The van der Waals surface area contributed by atoms with E-state index in [1.54, 1.807) is 0 Å². The van der Waals surface area contributed by atoms with E-state index in [9.17, 15) is 24.4 Å². The molecule has 0 rings (SSSR count). The molecule has 0 heterocycles. The Hall–Kier alpha value is -3.11. The molecule has 56 heavy (non-hydrogen) atoms.